The van der Waals surface area contributed by atoms with Crippen LogP contribution in [-0.2, 0) is 0 Å². The molecule has 0 amide bonds. The van der Waals surface area contributed by atoms with Crippen LogP contribution in [0.2, 0.25) is 10.0 Å². The lowest BCUT2D eigenvalue weighted by atomic mass is 9.68. The quantitative estimate of drug-likeness (QED) is 0.550. The highest BCUT2D eigenvalue weighted by Crippen LogP contribution is 2.45. The summed E-state index contributed by atoms with van der Waals surface area (Å²) in [5, 5.41) is 10.1. The van der Waals surface area contributed by atoms with Gasteiger partial charge in [0.1, 0.15) is 6.07 Å². The molecule has 0 saturated heterocycles. The molecule has 1 aromatic rings. The van der Waals surface area contributed by atoms with E-state index >= 15 is 0 Å². The molecule has 24 heavy (non-hydrogen) atoms. The summed E-state index contributed by atoms with van der Waals surface area (Å²) in [5.41, 5.74) is 1.63. The second-order valence-corrected chi connectivity index (χ2v) is 8.59. The maximum absolute atomic E-state index is 9.10. The third-order valence-corrected chi connectivity index (χ3v) is 7.15. The summed E-state index contributed by atoms with van der Waals surface area (Å²) in [4.78, 5) is 0. The molecule has 3 heteroatoms. The molecule has 0 unspecified atom stereocenters. The van der Waals surface area contributed by atoms with Gasteiger partial charge in [-0.05, 0) is 79.9 Å². The van der Waals surface area contributed by atoms with Crippen LogP contribution in [0.1, 0.15) is 81.8 Å². The first-order valence-electron chi connectivity index (χ1n) is 9.51. The Morgan fingerprint density at radius 2 is 1.42 bits per heavy atom. The Balaban J connectivity index is 1.59. The standard InChI is InChI=1S/C21H27Cl2N/c1-2-14-3-5-15(6-4-14)16-7-9-17(10-8-16)18-11-20(22)19(13-24)21(23)12-18/h11-12,14-17H,2-10H2,1H3. The third-order valence-electron chi connectivity index (χ3n) is 6.55. The van der Waals surface area contributed by atoms with Crippen LogP contribution < -0.4 is 0 Å². The molecule has 130 valence electrons. The van der Waals surface area contributed by atoms with Gasteiger partial charge in [0.2, 0.25) is 0 Å². The zero-order valence-corrected chi connectivity index (χ0v) is 16.0. The molecule has 0 bridgehead atoms. The monoisotopic (exact) mass is 363 g/mol. The van der Waals surface area contributed by atoms with E-state index in [0.29, 0.717) is 21.5 Å². The first-order valence-corrected chi connectivity index (χ1v) is 10.3. The van der Waals surface area contributed by atoms with Gasteiger partial charge in [0.15, 0.2) is 0 Å². The summed E-state index contributed by atoms with van der Waals surface area (Å²) in [7, 11) is 0. The lowest BCUT2D eigenvalue weighted by Crippen LogP contribution is -2.25. The minimum absolute atomic E-state index is 0.406. The van der Waals surface area contributed by atoms with Crippen molar-refractivity contribution in [3.63, 3.8) is 0 Å². The lowest BCUT2D eigenvalue weighted by Gasteiger charge is -2.38. The van der Waals surface area contributed by atoms with Crippen molar-refractivity contribution < 1.29 is 0 Å². The zero-order valence-electron chi connectivity index (χ0n) is 14.5. The van der Waals surface area contributed by atoms with Gasteiger partial charge in [-0.2, -0.15) is 5.26 Å². The Kier molecular flexibility index (Phi) is 6.12. The van der Waals surface area contributed by atoms with E-state index < -0.39 is 0 Å². The van der Waals surface area contributed by atoms with Gasteiger partial charge in [0.05, 0.1) is 15.6 Å². The highest BCUT2D eigenvalue weighted by Gasteiger charge is 2.31. The fourth-order valence-corrected chi connectivity index (χ4v) is 5.52. The average molecular weight is 364 g/mol. The zero-order chi connectivity index (χ0) is 17.1. The summed E-state index contributed by atoms with van der Waals surface area (Å²) in [5.74, 6) is 3.42. The van der Waals surface area contributed by atoms with Crippen molar-refractivity contribution in [1.29, 1.82) is 5.26 Å². The SMILES string of the molecule is CCC1CCC(C2CCC(c3cc(Cl)c(C#N)c(Cl)c3)CC2)CC1. The van der Waals surface area contributed by atoms with Gasteiger partial charge in [-0.25, -0.2) is 0 Å². The van der Waals surface area contributed by atoms with Crippen LogP contribution in [0, 0.1) is 29.1 Å². The smallest absolute Gasteiger partial charge is 0.102 e. The van der Waals surface area contributed by atoms with Crippen LogP contribution in [0.15, 0.2) is 12.1 Å². The Morgan fingerprint density at radius 1 is 0.917 bits per heavy atom. The summed E-state index contributed by atoms with van der Waals surface area (Å²) in [6, 6.07) is 6.01. The largest absolute Gasteiger partial charge is 0.192 e. The third kappa shape index (κ3) is 3.92. The first kappa shape index (κ1) is 18.1. The number of hydrogen-bond donors (Lipinski definition) is 0. The molecular formula is C21H27Cl2N. The molecule has 0 radical (unpaired) electrons. The topological polar surface area (TPSA) is 23.8 Å². The Labute approximate surface area is 156 Å². The van der Waals surface area contributed by atoms with Gasteiger partial charge in [0.25, 0.3) is 0 Å². The molecule has 0 atom stereocenters. The van der Waals surface area contributed by atoms with Gasteiger partial charge in [0, 0.05) is 0 Å². The van der Waals surface area contributed by atoms with E-state index in [1.165, 1.54) is 63.4 Å². The van der Waals surface area contributed by atoms with Crippen molar-refractivity contribution in [3.05, 3.63) is 33.3 Å². The Hall–Kier alpha value is -0.710. The lowest BCUT2D eigenvalue weighted by molar-refractivity contribution is 0.158. The van der Waals surface area contributed by atoms with E-state index in [1.807, 2.05) is 12.1 Å². The van der Waals surface area contributed by atoms with E-state index in [4.69, 9.17) is 28.5 Å². The molecule has 0 N–H and O–H groups in total. The number of nitrogens with zero attached hydrogens (tertiary/aromatic N) is 1. The molecule has 0 aliphatic heterocycles. The van der Waals surface area contributed by atoms with Crippen molar-refractivity contribution in [3.8, 4) is 6.07 Å². The van der Waals surface area contributed by atoms with E-state index in [2.05, 4.69) is 13.0 Å². The average Bonchev–Trinajstić information content (AvgIpc) is 2.62. The maximum atomic E-state index is 9.10. The van der Waals surface area contributed by atoms with E-state index in [1.54, 1.807) is 0 Å². The van der Waals surface area contributed by atoms with Crippen LogP contribution in [0.25, 0.3) is 0 Å². The number of hydrogen-bond acceptors (Lipinski definition) is 1. The molecule has 0 spiro atoms. The van der Waals surface area contributed by atoms with Crippen molar-refractivity contribution in [2.24, 2.45) is 17.8 Å². The minimum atomic E-state index is 0.406. The van der Waals surface area contributed by atoms with Crippen molar-refractivity contribution in [1.82, 2.24) is 0 Å². The van der Waals surface area contributed by atoms with Crippen LogP contribution >= 0.6 is 23.2 Å². The molecule has 0 aromatic heterocycles. The van der Waals surface area contributed by atoms with Gasteiger partial charge < -0.3 is 0 Å². The van der Waals surface area contributed by atoms with E-state index in [0.717, 1.165) is 17.8 Å². The highest BCUT2D eigenvalue weighted by atomic mass is 35.5. The fourth-order valence-electron chi connectivity index (χ4n) is 4.93. The van der Waals surface area contributed by atoms with Crippen LogP contribution in [-0.4, -0.2) is 0 Å². The van der Waals surface area contributed by atoms with Crippen LogP contribution in [0.3, 0.4) is 0 Å². The molecule has 0 heterocycles. The van der Waals surface area contributed by atoms with Crippen LogP contribution in [0.4, 0.5) is 0 Å². The molecule has 2 aliphatic carbocycles. The second-order valence-electron chi connectivity index (χ2n) is 7.77. The number of rotatable bonds is 3. The number of benzene rings is 1. The number of halogens is 2. The van der Waals surface area contributed by atoms with E-state index in [-0.39, 0.29) is 0 Å². The summed E-state index contributed by atoms with van der Waals surface area (Å²) in [6.45, 7) is 2.34. The predicted molar refractivity (Wildman–Crippen MR) is 102 cm³/mol. The van der Waals surface area contributed by atoms with Gasteiger partial charge >= 0.3 is 0 Å². The molecular weight excluding hydrogens is 337 g/mol. The Morgan fingerprint density at radius 3 is 1.88 bits per heavy atom. The molecule has 2 aliphatic rings. The molecule has 1 nitrogen and oxygen atoms in total. The van der Waals surface area contributed by atoms with Crippen LogP contribution in [0.5, 0.6) is 0 Å². The summed E-state index contributed by atoms with van der Waals surface area (Å²) >= 11 is 12.4. The molecule has 2 saturated carbocycles. The molecule has 1 aromatic carbocycles. The fraction of sp³-hybridized carbons (Fsp3) is 0.667. The van der Waals surface area contributed by atoms with E-state index in [9.17, 15) is 0 Å². The molecule has 2 fully saturated rings. The van der Waals surface area contributed by atoms with Crippen molar-refractivity contribution in [2.45, 2.75) is 70.6 Å². The number of nitriles is 1. The molecule has 3 rings (SSSR count). The van der Waals surface area contributed by atoms with Crippen molar-refractivity contribution in [2.75, 3.05) is 0 Å². The summed E-state index contributed by atoms with van der Waals surface area (Å²) in [6.07, 6.45) is 12.3. The Bertz CT molecular complexity index is 580. The minimum Gasteiger partial charge on any atom is -0.192 e. The highest BCUT2D eigenvalue weighted by molar-refractivity contribution is 6.36. The van der Waals surface area contributed by atoms with Gasteiger partial charge in [-0.1, -0.05) is 49.4 Å². The first-order chi connectivity index (χ1) is 11.6. The summed E-state index contributed by atoms with van der Waals surface area (Å²) < 4.78 is 0. The van der Waals surface area contributed by atoms with Crippen molar-refractivity contribution >= 4 is 23.2 Å². The normalized spacial score (nSPS) is 30.8. The maximum Gasteiger partial charge on any atom is 0.102 e. The second kappa shape index (κ2) is 8.11. The van der Waals surface area contributed by atoms with Gasteiger partial charge in [-0.15, -0.1) is 0 Å². The predicted octanol–water partition coefficient (Wildman–Crippen LogP) is 7.36. The van der Waals surface area contributed by atoms with Gasteiger partial charge in [-0.3, -0.25) is 0 Å².